The zero-order chi connectivity index (χ0) is 14.9. The van der Waals surface area contributed by atoms with Gasteiger partial charge in [0, 0.05) is 24.5 Å². The Morgan fingerprint density at radius 2 is 1.75 bits per heavy atom. The molecule has 0 bridgehead atoms. The van der Waals surface area contributed by atoms with E-state index in [-0.39, 0.29) is 11.3 Å². The molecule has 3 nitrogen and oxygen atoms in total. The van der Waals surface area contributed by atoms with Gasteiger partial charge < -0.3 is 4.90 Å². The van der Waals surface area contributed by atoms with Gasteiger partial charge in [-0.1, -0.05) is 51.1 Å². The Balaban J connectivity index is 2.58. The van der Waals surface area contributed by atoms with Crippen molar-refractivity contribution < 1.29 is 4.79 Å². The number of amides is 1. The first-order valence-electron chi connectivity index (χ1n) is 6.59. The van der Waals surface area contributed by atoms with Crippen LogP contribution in [-0.2, 0) is 5.41 Å². The molecule has 4 heteroatoms. The van der Waals surface area contributed by atoms with Crippen LogP contribution in [0, 0.1) is 0 Å². The van der Waals surface area contributed by atoms with Crippen molar-refractivity contribution in [3.05, 3.63) is 40.2 Å². The van der Waals surface area contributed by atoms with Crippen LogP contribution in [0.4, 0.5) is 0 Å². The third kappa shape index (κ3) is 2.90. The summed E-state index contributed by atoms with van der Waals surface area (Å²) in [6, 6.07) is 10.0. The van der Waals surface area contributed by atoms with E-state index in [9.17, 15) is 4.79 Å². The summed E-state index contributed by atoms with van der Waals surface area (Å²) in [5, 5.41) is 0.554. The number of carbonyl (C=O) groups excluding carboxylic acids is 1. The van der Waals surface area contributed by atoms with Crippen molar-refractivity contribution in [2.45, 2.75) is 26.2 Å². The summed E-state index contributed by atoms with van der Waals surface area (Å²) < 4.78 is 0. The standard InChI is InChI=1S/C16H20N2OS/c1-16(2,3)13-12(11-9-7-6-8-10-11)17-14(20-13)15(19)18(4)5/h6-10H,1-5H3. The van der Waals surface area contributed by atoms with Crippen molar-refractivity contribution in [3.63, 3.8) is 0 Å². The summed E-state index contributed by atoms with van der Waals surface area (Å²) in [5.41, 5.74) is 1.95. The van der Waals surface area contributed by atoms with E-state index in [1.807, 2.05) is 30.3 Å². The van der Waals surface area contributed by atoms with Gasteiger partial charge in [-0.15, -0.1) is 11.3 Å². The molecular formula is C16H20N2OS. The van der Waals surface area contributed by atoms with Crippen molar-refractivity contribution in [3.8, 4) is 11.3 Å². The van der Waals surface area contributed by atoms with Crippen molar-refractivity contribution in [1.82, 2.24) is 9.88 Å². The summed E-state index contributed by atoms with van der Waals surface area (Å²) in [6.07, 6.45) is 0. The lowest BCUT2D eigenvalue weighted by molar-refractivity contribution is 0.0827. The number of hydrogen-bond donors (Lipinski definition) is 0. The minimum atomic E-state index is -0.0392. The molecule has 0 radical (unpaired) electrons. The van der Waals surface area contributed by atoms with Gasteiger partial charge in [-0.3, -0.25) is 4.79 Å². The number of hydrogen-bond acceptors (Lipinski definition) is 3. The van der Waals surface area contributed by atoms with Crippen LogP contribution in [0.5, 0.6) is 0 Å². The van der Waals surface area contributed by atoms with E-state index in [0.717, 1.165) is 16.1 Å². The highest BCUT2D eigenvalue weighted by molar-refractivity contribution is 7.14. The predicted molar refractivity (Wildman–Crippen MR) is 84.3 cm³/mol. The van der Waals surface area contributed by atoms with Gasteiger partial charge in [0.25, 0.3) is 5.91 Å². The van der Waals surface area contributed by atoms with E-state index in [2.05, 4.69) is 25.8 Å². The smallest absolute Gasteiger partial charge is 0.282 e. The van der Waals surface area contributed by atoms with Crippen LogP contribution in [0.25, 0.3) is 11.3 Å². The third-order valence-electron chi connectivity index (χ3n) is 2.94. The Hall–Kier alpha value is -1.68. The maximum atomic E-state index is 12.1. The summed E-state index contributed by atoms with van der Waals surface area (Å²) in [4.78, 5) is 19.5. The lowest BCUT2D eigenvalue weighted by atomic mass is 9.91. The van der Waals surface area contributed by atoms with E-state index in [4.69, 9.17) is 0 Å². The number of rotatable bonds is 2. The molecule has 0 unspecified atom stereocenters. The molecule has 0 spiro atoms. The normalized spacial score (nSPS) is 11.4. The van der Waals surface area contributed by atoms with Gasteiger partial charge >= 0.3 is 0 Å². The van der Waals surface area contributed by atoms with Gasteiger partial charge in [0.2, 0.25) is 0 Å². The average Bonchev–Trinajstić information content (AvgIpc) is 2.83. The topological polar surface area (TPSA) is 33.2 Å². The van der Waals surface area contributed by atoms with Gasteiger partial charge in [0.1, 0.15) is 0 Å². The number of benzene rings is 1. The molecule has 1 heterocycles. The van der Waals surface area contributed by atoms with E-state index < -0.39 is 0 Å². The average molecular weight is 288 g/mol. The number of nitrogens with zero attached hydrogens (tertiary/aromatic N) is 2. The molecule has 1 aromatic carbocycles. The quantitative estimate of drug-likeness (QED) is 0.842. The van der Waals surface area contributed by atoms with Gasteiger partial charge in [-0.2, -0.15) is 0 Å². The van der Waals surface area contributed by atoms with Gasteiger partial charge in [-0.05, 0) is 5.41 Å². The number of carbonyl (C=O) groups is 1. The van der Waals surface area contributed by atoms with Crippen LogP contribution in [0.2, 0.25) is 0 Å². The Bertz CT molecular complexity index is 609. The molecular weight excluding hydrogens is 268 g/mol. The highest BCUT2D eigenvalue weighted by Gasteiger charge is 2.26. The molecule has 1 amide bonds. The fourth-order valence-electron chi connectivity index (χ4n) is 1.90. The van der Waals surface area contributed by atoms with Crippen molar-refractivity contribution in [2.75, 3.05) is 14.1 Å². The minimum absolute atomic E-state index is 0.0340. The van der Waals surface area contributed by atoms with E-state index in [0.29, 0.717) is 5.01 Å². The Kier molecular flexibility index (Phi) is 3.95. The lowest BCUT2D eigenvalue weighted by Crippen LogP contribution is -2.21. The Morgan fingerprint density at radius 1 is 1.15 bits per heavy atom. The summed E-state index contributed by atoms with van der Waals surface area (Å²) >= 11 is 1.50. The number of thiazole rings is 1. The molecule has 0 atom stereocenters. The van der Waals surface area contributed by atoms with Crippen LogP contribution < -0.4 is 0 Å². The Morgan fingerprint density at radius 3 is 2.25 bits per heavy atom. The maximum absolute atomic E-state index is 12.1. The highest BCUT2D eigenvalue weighted by Crippen LogP contribution is 2.37. The highest BCUT2D eigenvalue weighted by atomic mass is 32.1. The van der Waals surface area contributed by atoms with Gasteiger partial charge in [0.05, 0.1) is 5.69 Å². The first-order chi connectivity index (χ1) is 9.30. The lowest BCUT2D eigenvalue weighted by Gasteiger charge is -2.17. The van der Waals surface area contributed by atoms with Crippen LogP contribution in [0.15, 0.2) is 30.3 Å². The van der Waals surface area contributed by atoms with Crippen LogP contribution >= 0.6 is 11.3 Å². The largest absolute Gasteiger partial charge is 0.343 e. The molecule has 0 fully saturated rings. The second-order valence-electron chi connectivity index (χ2n) is 6.01. The monoisotopic (exact) mass is 288 g/mol. The molecule has 0 N–H and O–H groups in total. The molecule has 2 rings (SSSR count). The molecule has 0 saturated heterocycles. The molecule has 0 aliphatic rings. The van der Waals surface area contributed by atoms with Gasteiger partial charge in [-0.25, -0.2) is 4.98 Å². The van der Waals surface area contributed by atoms with Crippen LogP contribution in [-0.4, -0.2) is 29.9 Å². The van der Waals surface area contributed by atoms with Crippen LogP contribution in [0.1, 0.15) is 35.5 Å². The maximum Gasteiger partial charge on any atom is 0.282 e. The Labute approximate surface area is 124 Å². The first kappa shape index (κ1) is 14.7. The summed E-state index contributed by atoms with van der Waals surface area (Å²) in [7, 11) is 3.51. The summed E-state index contributed by atoms with van der Waals surface area (Å²) in [6.45, 7) is 6.45. The minimum Gasteiger partial charge on any atom is -0.343 e. The predicted octanol–water partition coefficient (Wildman–Crippen LogP) is 3.81. The van der Waals surface area contributed by atoms with Crippen molar-refractivity contribution >= 4 is 17.2 Å². The molecule has 0 saturated carbocycles. The van der Waals surface area contributed by atoms with E-state index in [1.165, 1.54) is 11.3 Å². The van der Waals surface area contributed by atoms with Crippen LogP contribution in [0.3, 0.4) is 0 Å². The molecule has 0 aliphatic heterocycles. The summed E-state index contributed by atoms with van der Waals surface area (Å²) in [5.74, 6) is -0.0392. The van der Waals surface area contributed by atoms with Crippen molar-refractivity contribution in [2.24, 2.45) is 0 Å². The second kappa shape index (κ2) is 5.37. The zero-order valence-corrected chi connectivity index (χ0v) is 13.4. The fourth-order valence-corrected chi connectivity index (χ4v) is 3.07. The fraction of sp³-hybridized carbons (Fsp3) is 0.375. The molecule has 1 aromatic heterocycles. The third-order valence-corrected chi connectivity index (χ3v) is 4.41. The van der Waals surface area contributed by atoms with Gasteiger partial charge in [0.15, 0.2) is 5.01 Å². The molecule has 106 valence electrons. The van der Waals surface area contributed by atoms with E-state index >= 15 is 0 Å². The SMILES string of the molecule is CN(C)C(=O)c1nc(-c2ccccc2)c(C(C)(C)C)s1. The molecule has 20 heavy (non-hydrogen) atoms. The number of aromatic nitrogens is 1. The molecule has 2 aromatic rings. The zero-order valence-electron chi connectivity index (χ0n) is 12.6. The molecule has 0 aliphatic carbocycles. The van der Waals surface area contributed by atoms with Crippen molar-refractivity contribution in [1.29, 1.82) is 0 Å². The first-order valence-corrected chi connectivity index (χ1v) is 7.40. The second-order valence-corrected chi connectivity index (χ2v) is 7.01. The van der Waals surface area contributed by atoms with E-state index in [1.54, 1.807) is 19.0 Å².